The maximum Gasteiger partial charge on any atom is 0.193 e. The van der Waals surface area contributed by atoms with Gasteiger partial charge in [0.05, 0.1) is 7.11 Å². The number of rotatable bonds is 6. The molecule has 0 radical (unpaired) electrons. The summed E-state index contributed by atoms with van der Waals surface area (Å²) in [6.45, 7) is 1.71. The van der Waals surface area contributed by atoms with Crippen molar-refractivity contribution < 1.29 is 4.74 Å². The highest BCUT2D eigenvalue weighted by Crippen LogP contribution is 2.16. The smallest absolute Gasteiger partial charge is 0.193 e. The zero-order chi connectivity index (χ0) is 17.5. The lowest BCUT2D eigenvalue weighted by atomic mass is 10.2. The minimum absolute atomic E-state index is 0. The number of nitrogens with one attached hydrogen (secondary N) is 1. The number of anilines is 1. The summed E-state index contributed by atoms with van der Waals surface area (Å²) in [7, 11) is 1.65. The Bertz CT molecular complexity index is 713. The van der Waals surface area contributed by atoms with Crippen LogP contribution in [0.15, 0.2) is 29.3 Å². The van der Waals surface area contributed by atoms with Crippen molar-refractivity contribution in [3.8, 4) is 5.75 Å². The number of guanidine groups is 1. The molecular weight excluding hydrogens is 443 g/mol. The van der Waals surface area contributed by atoms with Gasteiger partial charge in [0.25, 0.3) is 0 Å². The van der Waals surface area contributed by atoms with Crippen LogP contribution in [0.3, 0.4) is 0 Å². The summed E-state index contributed by atoms with van der Waals surface area (Å²) in [5.74, 6) is 3.45. The van der Waals surface area contributed by atoms with Crippen molar-refractivity contribution in [2.75, 3.05) is 19.0 Å². The third kappa shape index (κ3) is 5.58. The molecule has 0 spiro atoms. The number of fused-ring (bicyclic) bond motifs is 1. The number of nitrogens with two attached hydrogens (primary N) is 1. The number of ether oxygens (including phenoxy) is 1. The Labute approximate surface area is 171 Å². The highest BCUT2D eigenvalue weighted by atomic mass is 127. The molecule has 0 saturated heterocycles. The summed E-state index contributed by atoms with van der Waals surface area (Å²) in [6, 6.07) is 7.58. The number of nitrogens with zero attached hydrogens (tertiary/aromatic N) is 4. The summed E-state index contributed by atoms with van der Waals surface area (Å²) < 4.78 is 7.42. The molecule has 8 heteroatoms. The van der Waals surface area contributed by atoms with E-state index in [9.17, 15) is 0 Å². The quantitative estimate of drug-likeness (QED) is 0.293. The van der Waals surface area contributed by atoms with E-state index in [4.69, 9.17) is 10.5 Å². The number of aromatic nitrogens is 3. The van der Waals surface area contributed by atoms with E-state index in [1.165, 1.54) is 19.3 Å². The van der Waals surface area contributed by atoms with Gasteiger partial charge in [0, 0.05) is 31.6 Å². The molecule has 7 nitrogen and oxygen atoms in total. The van der Waals surface area contributed by atoms with E-state index in [2.05, 4.69) is 25.1 Å². The second-order valence-corrected chi connectivity index (χ2v) is 6.22. The van der Waals surface area contributed by atoms with Crippen molar-refractivity contribution in [2.45, 2.75) is 45.1 Å². The van der Waals surface area contributed by atoms with Gasteiger partial charge in [0.15, 0.2) is 5.96 Å². The first-order chi connectivity index (χ1) is 12.3. The molecule has 1 aromatic heterocycles. The maximum atomic E-state index is 5.94. The predicted molar refractivity (Wildman–Crippen MR) is 114 cm³/mol. The van der Waals surface area contributed by atoms with E-state index in [1.54, 1.807) is 7.11 Å². The molecule has 0 saturated carbocycles. The summed E-state index contributed by atoms with van der Waals surface area (Å²) in [5, 5.41) is 11.8. The first-order valence-corrected chi connectivity index (χ1v) is 8.88. The van der Waals surface area contributed by atoms with Gasteiger partial charge in [0.1, 0.15) is 17.4 Å². The Morgan fingerprint density at radius 1 is 1.23 bits per heavy atom. The molecule has 26 heavy (non-hydrogen) atoms. The van der Waals surface area contributed by atoms with Crippen molar-refractivity contribution in [3.63, 3.8) is 0 Å². The molecule has 0 aliphatic carbocycles. The fourth-order valence-corrected chi connectivity index (χ4v) is 3.03. The van der Waals surface area contributed by atoms with E-state index in [0.717, 1.165) is 48.9 Å². The van der Waals surface area contributed by atoms with Crippen LogP contribution in [-0.4, -0.2) is 34.4 Å². The minimum Gasteiger partial charge on any atom is -0.497 e. The number of halogens is 1. The molecule has 1 aliphatic rings. The van der Waals surface area contributed by atoms with Crippen LogP contribution >= 0.6 is 24.0 Å². The molecule has 1 aliphatic heterocycles. The van der Waals surface area contributed by atoms with Crippen LogP contribution in [0.1, 0.15) is 37.3 Å². The molecule has 3 N–H and O–H groups in total. The predicted octanol–water partition coefficient (Wildman–Crippen LogP) is 2.99. The standard InChI is InChI=1S/C18H26N6O.HI/c1-25-15-10-8-14(9-11-15)21-18(19)20-12-5-7-17-23-22-16-6-3-2-4-13-24(16)17;/h8-11H,2-7,12-13H2,1H3,(H3,19,20,21);1H. The number of benzene rings is 1. The van der Waals surface area contributed by atoms with Gasteiger partial charge in [-0.25, -0.2) is 0 Å². The van der Waals surface area contributed by atoms with Crippen LogP contribution in [0.25, 0.3) is 0 Å². The van der Waals surface area contributed by atoms with Crippen LogP contribution in [0.2, 0.25) is 0 Å². The maximum absolute atomic E-state index is 5.94. The summed E-state index contributed by atoms with van der Waals surface area (Å²) >= 11 is 0. The van der Waals surface area contributed by atoms with E-state index < -0.39 is 0 Å². The molecular formula is C18H27IN6O. The van der Waals surface area contributed by atoms with Crippen LogP contribution in [-0.2, 0) is 19.4 Å². The molecule has 2 heterocycles. The number of aryl methyl sites for hydroxylation is 2. The van der Waals surface area contributed by atoms with Gasteiger partial charge < -0.3 is 20.4 Å². The topological polar surface area (TPSA) is 90.3 Å². The minimum atomic E-state index is 0. The zero-order valence-corrected chi connectivity index (χ0v) is 17.5. The fourth-order valence-electron chi connectivity index (χ4n) is 3.03. The number of methoxy groups -OCH3 is 1. The molecule has 142 valence electrons. The van der Waals surface area contributed by atoms with Crippen LogP contribution in [0.4, 0.5) is 5.69 Å². The monoisotopic (exact) mass is 470 g/mol. The van der Waals surface area contributed by atoms with Crippen LogP contribution in [0, 0.1) is 0 Å². The van der Waals surface area contributed by atoms with E-state index in [-0.39, 0.29) is 24.0 Å². The lowest BCUT2D eigenvalue weighted by molar-refractivity contribution is 0.415. The highest BCUT2D eigenvalue weighted by Gasteiger charge is 2.13. The largest absolute Gasteiger partial charge is 0.497 e. The average Bonchev–Trinajstić information content (AvgIpc) is 2.86. The Balaban J connectivity index is 0.00000243. The van der Waals surface area contributed by atoms with Crippen molar-refractivity contribution in [1.29, 1.82) is 0 Å². The molecule has 0 amide bonds. The number of aliphatic imine (C=N–C) groups is 1. The molecule has 3 rings (SSSR count). The fraction of sp³-hybridized carbons (Fsp3) is 0.500. The van der Waals surface area contributed by atoms with Gasteiger partial charge in [-0.3, -0.25) is 4.99 Å². The average molecular weight is 470 g/mol. The zero-order valence-electron chi connectivity index (χ0n) is 15.1. The SMILES string of the molecule is COc1ccc(NC(N)=NCCCc2nnc3n2CCCCC3)cc1.I. The Hall–Kier alpha value is -1.84. The van der Waals surface area contributed by atoms with Gasteiger partial charge in [0.2, 0.25) is 0 Å². The van der Waals surface area contributed by atoms with Gasteiger partial charge in [-0.2, -0.15) is 0 Å². The lowest BCUT2D eigenvalue weighted by Gasteiger charge is -2.07. The Morgan fingerprint density at radius 2 is 2.04 bits per heavy atom. The second kappa shape index (κ2) is 10.3. The van der Waals surface area contributed by atoms with Crippen molar-refractivity contribution in [2.24, 2.45) is 10.7 Å². The molecule has 0 unspecified atom stereocenters. The van der Waals surface area contributed by atoms with Crippen LogP contribution < -0.4 is 15.8 Å². The molecule has 1 aromatic carbocycles. The van der Waals surface area contributed by atoms with Crippen molar-refractivity contribution >= 4 is 35.6 Å². The van der Waals surface area contributed by atoms with Gasteiger partial charge >= 0.3 is 0 Å². The first-order valence-electron chi connectivity index (χ1n) is 8.88. The van der Waals surface area contributed by atoms with Gasteiger partial charge in [-0.15, -0.1) is 34.2 Å². The molecule has 0 fully saturated rings. The number of hydrogen-bond donors (Lipinski definition) is 2. The van der Waals surface area contributed by atoms with Crippen molar-refractivity contribution in [3.05, 3.63) is 35.9 Å². The third-order valence-electron chi connectivity index (χ3n) is 4.39. The summed E-state index contributed by atoms with van der Waals surface area (Å²) in [5.41, 5.74) is 6.84. The Kier molecular flexibility index (Phi) is 8.14. The molecule has 0 bridgehead atoms. The van der Waals surface area contributed by atoms with Gasteiger partial charge in [-0.1, -0.05) is 6.42 Å². The van der Waals surface area contributed by atoms with E-state index in [0.29, 0.717) is 12.5 Å². The summed E-state index contributed by atoms with van der Waals surface area (Å²) in [4.78, 5) is 4.39. The van der Waals surface area contributed by atoms with Gasteiger partial charge in [-0.05, 0) is 43.5 Å². The number of hydrogen-bond acceptors (Lipinski definition) is 4. The molecule has 0 atom stereocenters. The van der Waals surface area contributed by atoms with Crippen molar-refractivity contribution in [1.82, 2.24) is 14.8 Å². The normalized spacial score (nSPS) is 14.1. The van der Waals surface area contributed by atoms with E-state index >= 15 is 0 Å². The third-order valence-corrected chi connectivity index (χ3v) is 4.39. The highest BCUT2D eigenvalue weighted by molar-refractivity contribution is 14.0. The van der Waals surface area contributed by atoms with E-state index in [1.807, 2.05) is 24.3 Å². The summed E-state index contributed by atoms with van der Waals surface area (Å²) in [6.07, 6.45) is 6.55. The molecule has 2 aromatic rings. The van der Waals surface area contributed by atoms with Crippen LogP contribution in [0.5, 0.6) is 5.75 Å². The lowest BCUT2D eigenvalue weighted by Crippen LogP contribution is -2.22. The Morgan fingerprint density at radius 3 is 2.81 bits per heavy atom. The second-order valence-electron chi connectivity index (χ2n) is 6.22. The first kappa shape index (κ1) is 20.5.